The van der Waals surface area contributed by atoms with E-state index in [9.17, 15) is 9.59 Å². The van der Waals surface area contributed by atoms with Gasteiger partial charge in [0, 0.05) is 6.54 Å². The number of carboxylic acids is 1. The molecule has 0 fully saturated rings. The minimum atomic E-state index is -1.37. The summed E-state index contributed by atoms with van der Waals surface area (Å²) in [4.78, 5) is 26.7. The van der Waals surface area contributed by atoms with E-state index in [0.29, 0.717) is 11.7 Å². The van der Waals surface area contributed by atoms with Gasteiger partial charge in [-0.1, -0.05) is 11.8 Å². The van der Waals surface area contributed by atoms with Crippen molar-refractivity contribution in [2.24, 2.45) is 0 Å². The van der Waals surface area contributed by atoms with E-state index in [1.165, 1.54) is 16.4 Å². The van der Waals surface area contributed by atoms with Gasteiger partial charge in [0.1, 0.15) is 0 Å². The van der Waals surface area contributed by atoms with Crippen molar-refractivity contribution in [1.29, 1.82) is 0 Å². The Bertz CT molecular complexity index is 646. The van der Waals surface area contributed by atoms with Gasteiger partial charge in [-0.15, -0.1) is 5.10 Å². The molecular weight excluding hydrogens is 246 g/mol. The smallest absolute Gasteiger partial charge is 0.362 e. The molecule has 0 amide bonds. The molecule has 9 heteroatoms. The van der Waals surface area contributed by atoms with Crippen molar-refractivity contribution in [3.63, 3.8) is 0 Å². The Hall–Kier alpha value is -1.90. The Morgan fingerprint density at radius 1 is 1.47 bits per heavy atom. The first kappa shape index (κ1) is 11.6. The van der Waals surface area contributed by atoms with E-state index >= 15 is 0 Å². The summed E-state index contributed by atoms with van der Waals surface area (Å²) in [5.74, 6) is -1.13. The maximum Gasteiger partial charge on any atom is 0.362 e. The predicted molar refractivity (Wildman–Crippen MR) is 59.5 cm³/mol. The number of aromatic nitrogens is 5. The number of fused-ring (bicyclic) bond motifs is 1. The number of aryl methyl sites for hydroxylation is 1. The zero-order valence-electron chi connectivity index (χ0n) is 9.12. The van der Waals surface area contributed by atoms with Gasteiger partial charge in [0.15, 0.2) is 0 Å². The van der Waals surface area contributed by atoms with Crippen LogP contribution in [0.2, 0.25) is 0 Å². The summed E-state index contributed by atoms with van der Waals surface area (Å²) in [5.41, 5.74) is -1.33. The summed E-state index contributed by atoms with van der Waals surface area (Å²) in [6.45, 7) is 2.17. The molecule has 2 heterocycles. The van der Waals surface area contributed by atoms with Gasteiger partial charge < -0.3 is 5.11 Å². The number of carboxylic acid groups (broad SMARTS) is 1. The molecule has 0 radical (unpaired) electrons. The summed E-state index contributed by atoms with van der Waals surface area (Å²) >= 11 is 1.27. The maximum atomic E-state index is 11.8. The Balaban J connectivity index is 2.87. The minimum Gasteiger partial charge on any atom is -0.476 e. The van der Waals surface area contributed by atoms with Crippen LogP contribution in [0.15, 0.2) is 9.95 Å². The highest BCUT2D eigenvalue weighted by Crippen LogP contribution is 2.09. The number of aromatic carboxylic acids is 1. The van der Waals surface area contributed by atoms with Crippen LogP contribution in [0.5, 0.6) is 0 Å². The summed E-state index contributed by atoms with van der Waals surface area (Å²) in [6, 6.07) is 0. The highest BCUT2D eigenvalue weighted by Gasteiger charge is 2.18. The molecule has 8 nitrogen and oxygen atoms in total. The van der Waals surface area contributed by atoms with E-state index in [-0.39, 0.29) is 5.78 Å². The third-order valence-electron chi connectivity index (χ3n) is 2.10. The molecule has 17 heavy (non-hydrogen) atoms. The predicted octanol–water partition coefficient (Wildman–Crippen LogP) is -0.274. The fraction of sp³-hybridized carbons (Fsp3) is 0.375. The quantitative estimate of drug-likeness (QED) is 0.753. The van der Waals surface area contributed by atoms with Crippen molar-refractivity contribution in [2.45, 2.75) is 18.6 Å². The average molecular weight is 255 g/mol. The number of thioether (sulfide) groups is 1. The first-order valence-corrected chi connectivity index (χ1v) is 5.96. The summed E-state index contributed by atoms with van der Waals surface area (Å²) < 4.78 is 2.30. The maximum absolute atomic E-state index is 11.8. The van der Waals surface area contributed by atoms with Crippen molar-refractivity contribution in [3.8, 4) is 0 Å². The molecule has 0 unspecified atom stereocenters. The summed E-state index contributed by atoms with van der Waals surface area (Å²) in [6.07, 6.45) is 1.76. The van der Waals surface area contributed by atoms with Crippen molar-refractivity contribution in [3.05, 3.63) is 16.0 Å². The second kappa shape index (κ2) is 4.17. The van der Waals surface area contributed by atoms with Crippen LogP contribution in [0.3, 0.4) is 0 Å². The van der Waals surface area contributed by atoms with Gasteiger partial charge in [0.2, 0.25) is 10.9 Å². The van der Waals surface area contributed by atoms with Gasteiger partial charge >= 0.3 is 11.5 Å². The van der Waals surface area contributed by atoms with E-state index in [4.69, 9.17) is 5.11 Å². The average Bonchev–Trinajstić information content (AvgIpc) is 2.74. The number of nitrogens with zero attached hydrogens (tertiary/aromatic N) is 5. The Kier molecular flexibility index (Phi) is 2.84. The highest BCUT2D eigenvalue weighted by atomic mass is 32.2. The van der Waals surface area contributed by atoms with Crippen LogP contribution < -0.4 is 5.56 Å². The molecule has 0 aliphatic carbocycles. The SMILES string of the molecule is CCn1nc(C(=O)O)c(=O)n2nc(SC)nc12. The Labute approximate surface area is 99.3 Å². The lowest BCUT2D eigenvalue weighted by Crippen LogP contribution is -2.29. The van der Waals surface area contributed by atoms with Crippen LogP contribution in [0.25, 0.3) is 5.78 Å². The van der Waals surface area contributed by atoms with Crippen molar-refractivity contribution < 1.29 is 9.90 Å². The molecule has 0 saturated heterocycles. The molecule has 0 aliphatic heterocycles. The third kappa shape index (κ3) is 1.78. The van der Waals surface area contributed by atoms with Crippen LogP contribution in [-0.4, -0.2) is 41.7 Å². The van der Waals surface area contributed by atoms with Crippen molar-refractivity contribution in [1.82, 2.24) is 24.4 Å². The van der Waals surface area contributed by atoms with Gasteiger partial charge in [0.05, 0.1) is 0 Å². The molecule has 0 spiro atoms. The monoisotopic (exact) mass is 255 g/mol. The van der Waals surface area contributed by atoms with Crippen LogP contribution in [0.1, 0.15) is 17.4 Å². The van der Waals surface area contributed by atoms with E-state index in [0.717, 1.165) is 4.52 Å². The standard InChI is InChI=1S/C8H9N5O3S/c1-3-12-8-9-7(17-2)11-13(8)5(14)4(10-12)6(15)16/h3H2,1-2H3,(H,15,16). The number of hydrogen-bond acceptors (Lipinski definition) is 6. The Morgan fingerprint density at radius 2 is 2.18 bits per heavy atom. The molecule has 0 aliphatic rings. The topological polar surface area (TPSA) is 102 Å². The first-order valence-electron chi connectivity index (χ1n) is 4.73. The van der Waals surface area contributed by atoms with Gasteiger partial charge in [-0.05, 0) is 13.2 Å². The number of hydrogen-bond donors (Lipinski definition) is 1. The second-order valence-corrected chi connectivity index (χ2v) is 3.86. The summed E-state index contributed by atoms with van der Waals surface area (Å²) in [5, 5.41) is 16.9. The fourth-order valence-corrected chi connectivity index (χ4v) is 1.67. The third-order valence-corrected chi connectivity index (χ3v) is 2.64. The van der Waals surface area contributed by atoms with Gasteiger partial charge in [-0.3, -0.25) is 4.79 Å². The van der Waals surface area contributed by atoms with Gasteiger partial charge in [0.25, 0.3) is 5.78 Å². The van der Waals surface area contributed by atoms with Crippen LogP contribution >= 0.6 is 11.8 Å². The van der Waals surface area contributed by atoms with E-state index in [1.807, 2.05) is 0 Å². The minimum absolute atomic E-state index is 0.242. The molecule has 1 N–H and O–H groups in total. The summed E-state index contributed by atoms with van der Waals surface area (Å²) in [7, 11) is 0. The van der Waals surface area contributed by atoms with E-state index in [2.05, 4.69) is 15.2 Å². The molecule has 2 aromatic heterocycles. The number of rotatable bonds is 3. The Morgan fingerprint density at radius 3 is 2.71 bits per heavy atom. The molecule has 0 bridgehead atoms. The molecule has 0 aromatic carbocycles. The van der Waals surface area contributed by atoms with Crippen molar-refractivity contribution >= 4 is 23.5 Å². The molecule has 0 saturated carbocycles. The lowest BCUT2D eigenvalue weighted by Gasteiger charge is -2.03. The highest BCUT2D eigenvalue weighted by molar-refractivity contribution is 7.98. The van der Waals surface area contributed by atoms with Crippen LogP contribution in [-0.2, 0) is 6.54 Å². The largest absolute Gasteiger partial charge is 0.476 e. The van der Waals surface area contributed by atoms with Crippen LogP contribution in [0.4, 0.5) is 0 Å². The normalized spacial score (nSPS) is 10.9. The first-order chi connectivity index (χ1) is 8.08. The van der Waals surface area contributed by atoms with E-state index < -0.39 is 17.2 Å². The molecule has 90 valence electrons. The zero-order valence-corrected chi connectivity index (χ0v) is 9.93. The molecule has 2 rings (SSSR count). The molecule has 2 aromatic rings. The lowest BCUT2D eigenvalue weighted by molar-refractivity contribution is 0.0685. The zero-order chi connectivity index (χ0) is 12.6. The lowest BCUT2D eigenvalue weighted by atomic mass is 10.5. The molecular formula is C8H9N5O3S. The number of carbonyl (C=O) groups is 1. The van der Waals surface area contributed by atoms with Crippen LogP contribution in [0, 0.1) is 0 Å². The molecule has 0 atom stereocenters. The van der Waals surface area contributed by atoms with E-state index in [1.54, 1.807) is 13.2 Å². The van der Waals surface area contributed by atoms with Gasteiger partial charge in [-0.25, -0.2) is 9.48 Å². The van der Waals surface area contributed by atoms with Crippen molar-refractivity contribution in [2.75, 3.05) is 6.26 Å². The van der Waals surface area contributed by atoms with Gasteiger partial charge in [-0.2, -0.15) is 14.6 Å². The fourth-order valence-electron chi connectivity index (χ4n) is 1.33. The second-order valence-electron chi connectivity index (χ2n) is 3.08.